The molecule has 0 fully saturated rings. The Morgan fingerprint density at radius 1 is 1.29 bits per heavy atom. The molecule has 0 aliphatic heterocycles. The summed E-state index contributed by atoms with van der Waals surface area (Å²) < 4.78 is 0. The van der Waals surface area contributed by atoms with Crippen LogP contribution < -0.4 is 10.6 Å². The highest BCUT2D eigenvalue weighted by Crippen LogP contribution is 2.20. The first-order chi connectivity index (χ1) is 8.15. The van der Waals surface area contributed by atoms with Gasteiger partial charge in [-0.05, 0) is 48.6 Å². The molecule has 2 N–H and O–H groups in total. The van der Waals surface area contributed by atoms with E-state index >= 15 is 0 Å². The van der Waals surface area contributed by atoms with Crippen LogP contribution in [0.1, 0.15) is 10.4 Å². The summed E-state index contributed by atoms with van der Waals surface area (Å²) in [5, 5.41) is 2.12. The number of aryl methyl sites for hydroxylation is 1. The fourth-order valence-corrected chi connectivity index (χ4v) is 2.57. The van der Waals surface area contributed by atoms with E-state index in [1.165, 1.54) is 16.1 Å². The first-order valence-electron chi connectivity index (χ1n) is 5.76. The van der Waals surface area contributed by atoms with Crippen LogP contribution in [0.3, 0.4) is 0 Å². The van der Waals surface area contributed by atoms with E-state index in [1.54, 1.807) is 0 Å². The molecule has 0 radical (unpaired) electrons. The molecule has 0 spiro atoms. The molecule has 1 heterocycles. The summed E-state index contributed by atoms with van der Waals surface area (Å²) >= 11 is 1.82. The van der Waals surface area contributed by atoms with Crippen molar-refractivity contribution in [3.63, 3.8) is 0 Å². The zero-order chi connectivity index (χ0) is 12.3. The molecule has 2 nitrogen and oxygen atoms in total. The standard InChI is InChI=1S/C14H18N2S/c1-11-8-12(15)10-13(9-11)16(2)6-5-14-4-3-7-17-14/h3-4,7-10H,5-6,15H2,1-2H3. The highest BCUT2D eigenvalue weighted by Gasteiger charge is 2.03. The van der Waals surface area contributed by atoms with E-state index in [0.29, 0.717) is 0 Å². The number of benzene rings is 1. The third-order valence-electron chi connectivity index (χ3n) is 2.80. The SMILES string of the molecule is Cc1cc(N)cc(N(C)CCc2cccs2)c1. The molecule has 0 bridgehead atoms. The van der Waals surface area contributed by atoms with Gasteiger partial charge in [-0.3, -0.25) is 0 Å². The molecule has 17 heavy (non-hydrogen) atoms. The van der Waals surface area contributed by atoms with Gasteiger partial charge in [-0.15, -0.1) is 11.3 Å². The molecule has 2 rings (SSSR count). The number of likely N-dealkylation sites (N-methyl/N-ethyl adjacent to an activating group) is 1. The van der Waals surface area contributed by atoms with Crippen molar-refractivity contribution in [2.24, 2.45) is 0 Å². The molecule has 0 unspecified atom stereocenters. The lowest BCUT2D eigenvalue weighted by Gasteiger charge is -2.20. The molecule has 0 saturated carbocycles. The van der Waals surface area contributed by atoms with Crippen molar-refractivity contribution in [3.05, 3.63) is 46.2 Å². The maximum absolute atomic E-state index is 5.86. The largest absolute Gasteiger partial charge is 0.399 e. The number of hydrogen-bond acceptors (Lipinski definition) is 3. The van der Waals surface area contributed by atoms with Crippen LogP contribution >= 0.6 is 11.3 Å². The van der Waals surface area contributed by atoms with E-state index in [9.17, 15) is 0 Å². The van der Waals surface area contributed by atoms with E-state index in [1.807, 2.05) is 23.5 Å². The van der Waals surface area contributed by atoms with Crippen LogP contribution in [-0.4, -0.2) is 13.6 Å². The van der Waals surface area contributed by atoms with Crippen LogP contribution in [0.15, 0.2) is 35.7 Å². The van der Waals surface area contributed by atoms with Crippen molar-refractivity contribution >= 4 is 22.7 Å². The minimum absolute atomic E-state index is 0.836. The summed E-state index contributed by atoms with van der Waals surface area (Å²) in [5.41, 5.74) is 9.10. The molecular formula is C14H18N2S. The van der Waals surface area contributed by atoms with Gasteiger partial charge in [0.05, 0.1) is 0 Å². The van der Waals surface area contributed by atoms with Crippen molar-refractivity contribution in [2.45, 2.75) is 13.3 Å². The predicted molar refractivity (Wildman–Crippen MR) is 76.9 cm³/mol. The Hall–Kier alpha value is -1.48. The average Bonchev–Trinajstić information content (AvgIpc) is 2.77. The molecule has 1 aromatic carbocycles. The van der Waals surface area contributed by atoms with Gasteiger partial charge in [0.25, 0.3) is 0 Å². The van der Waals surface area contributed by atoms with Gasteiger partial charge in [-0.25, -0.2) is 0 Å². The van der Waals surface area contributed by atoms with E-state index in [0.717, 1.165) is 18.7 Å². The number of rotatable bonds is 4. The Bertz CT molecular complexity index is 457. The monoisotopic (exact) mass is 246 g/mol. The lowest BCUT2D eigenvalue weighted by Crippen LogP contribution is -2.20. The smallest absolute Gasteiger partial charge is 0.0387 e. The number of thiophene rings is 1. The number of hydrogen-bond donors (Lipinski definition) is 1. The fraction of sp³-hybridized carbons (Fsp3) is 0.286. The number of nitrogens with two attached hydrogens (primary N) is 1. The minimum Gasteiger partial charge on any atom is -0.399 e. The van der Waals surface area contributed by atoms with Crippen LogP contribution in [0.5, 0.6) is 0 Å². The molecule has 0 amide bonds. The van der Waals surface area contributed by atoms with Gasteiger partial charge < -0.3 is 10.6 Å². The third kappa shape index (κ3) is 3.24. The van der Waals surface area contributed by atoms with Gasteiger partial charge in [0.15, 0.2) is 0 Å². The second kappa shape index (κ2) is 5.23. The molecule has 0 aliphatic carbocycles. The normalized spacial score (nSPS) is 10.5. The zero-order valence-electron chi connectivity index (χ0n) is 10.3. The van der Waals surface area contributed by atoms with Crippen molar-refractivity contribution in [2.75, 3.05) is 24.2 Å². The lowest BCUT2D eigenvalue weighted by atomic mass is 10.2. The number of anilines is 2. The van der Waals surface area contributed by atoms with Crippen LogP contribution in [-0.2, 0) is 6.42 Å². The van der Waals surface area contributed by atoms with Crippen molar-refractivity contribution < 1.29 is 0 Å². The average molecular weight is 246 g/mol. The lowest BCUT2D eigenvalue weighted by molar-refractivity contribution is 0.887. The molecule has 2 aromatic rings. The van der Waals surface area contributed by atoms with Crippen molar-refractivity contribution in [1.82, 2.24) is 0 Å². The molecule has 0 atom stereocenters. The maximum Gasteiger partial charge on any atom is 0.0387 e. The van der Waals surface area contributed by atoms with Gasteiger partial charge in [-0.1, -0.05) is 6.07 Å². The molecule has 0 saturated heterocycles. The maximum atomic E-state index is 5.86. The van der Waals surface area contributed by atoms with Crippen LogP contribution in [0, 0.1) is 6.92 Å². The number of nitrogens with zero attached hydrogens (tertiary/aromatic N) is 1. The minimum atomic E-state index is 0.836. The molecular weight excluding hydrogens is 228 g/mol. The Balaban J connectivity index is 2.01. The highest BCUT2D eigenvalue weighted by atomic mass is 32.1. The van der Waals surface area contributed by atoms with Crippen molar-refractivity contribution in [3.8, 4) is 0 Å². The molecule has 0 aliphatic rings. The summed E-state index contributed by atoms with van der Waals surface area (Å²) in [6.07, 6.45) is 1.09. The van der Waals surface area contributed by atoms with Gasteiger partial charge in [0, 0.05) is 29.8 Å². The van der Waals surface area contributed by atoms with Crippen molar-refractivity contribution in [1.29, 1.82) is 0 Å². The first-order valence-corrected chi connectivity index (χ1v) is 6.64. The molecule has 90 valence electrons. The van der Waals surface area contributed by atoms with Gasteiger partial charge in [0.1, 0.15) is 0 Å². The first kappa shape index (κ1) is 12.0. The molecule has 1 aromatic heterocycles. The highest BCUT2D eigenvalue weighted by molar-refractivity contribution is 7.09. The zero-order valence-corrected chi connectivity index (χ0v) is 11.1. The van der Waals surface area contributed by atoms with Gasteiger partial charge >= 0.3 is 0 Å². The second-order valence-corrected chi connectivity index (χ2v) is 5.39. The van der Waals surface area contributed by atoms with Gasteiger partial charge in [-0.2, -0.15) is 0 Å². The summed E-state index contributed by atoms with van der Waals surface area (Å²) in [4.78, 5) is 3.68. The Kier molecular flexibility index (Phi) is 3.69. The van der Waals surface area contributed by atoms with Crippen LogP contribution in [0.25, 0.3) is 0 Å². The summed E-state index contributed by atoms with van der Waals surface area (Å²) in [6, 6.07) is 10.5. The predicted octanol–water partition coefficient (Wildman–Crippen LogP) is 3.32. The summed E-state index contributed by atoms with van der Waals surface area (Å²) in [5.74, 6) is 0. The summed E-state index contributed by atoms with van der Waals surface area (Å²) in [7, 11) is 2.11. The summed E-state index contributed by atoms with van der Waals surface area (Å²) in [6.45, 7) is 3.09. The van der Waals surface area contributed by atoms with E-state index < -0.39 is 0 Å². The van der Waals surface area contributed by atoms with E-state index in [-0.39, 0.29) is 0 Å². The Morgan fingerprint density at radius 3 is 2.76 bits per heavy atom. The molecule has 3 heteroatoms. The topological polar surface area (TPSA) is 29.3 Å². The second-order valence-electron chi connectivity index (χ2n) is 4.35. The van der Waals surface area contributed by atoms with Gasteiger partial charge in [0.2, 0.25) is 0 Å². The fourth-order valence-electron chi connectivity index (χ4n) is 1.87. The van der Waals surface area contributed by atoms with Crippen LogP contribution in [0.4, 0.5) is 11.4 Å². The Morgan fingerprint density at radius 2 is 2.12 bits per heavy atom. The Labute approximate surface area is 107 Å². The third-order valence-corrected chi connectivity index (χ3v) is 3.74. The van der Waals surface area contributed by atoms with E-state index in [4.69, 9.17) is 5.73 Å². The quantitative estimate of drug-likeness (QED) is 0.839. The van der Waals surface area contributed by atoms with Crippen LogP contribution in [0.2, 0.25) is 0 Å². The van der Waals surface area contributed by atoms with E-state index in [2.05, 4.69) is 42.5 Å². The number of nitrogen functional groups attached to an aromatic ring is 1.